The Balaban J connectivity index is 2.37. The summed E-state index contributed by atoms with van der Waals surface area (Å²) in [5.74, 6) is -0.193. The molecule has 0 radical (unpaired) electrons. The van der Waals surface area contributed by atoms with Crippen LogP contribution in [0.4, 0.5) is 0 Å². The third-order valence-corrected chi connectivity index (χ3v) is 3.29. The first-order valence-electron chi connectivity index (χ1n) is 6.65. The monoisotopic (exact) mass is 293 g/mol. The zero-order valence-corrected chi connectivity index (χ0v) is 12.3. The summed E-state index contributed by atoms with van der Waals surface area (Å²) >= 11 is 0. The quantitative estimate of drug-likeness (QED) is 0.688. The van der Waals surface area contributed by atoms with Gasteiger partial charge in [-0.2, -0.15) is 5.26 Å². The van der Waals surface area contributed by atoms with E-state index in [4.69, 9.17) is 9.84 Å². The Bertz CT molecular complexity index is 768. The van der Waals surface area contributed by atoms with E-state index in [2.05, 4.69) is 6.07 Å². The van der Waals surface area contributed by atoms with Crippen molar-refractivity contribution in [1.29, 1.82) is 5.26 Å². The first-order chi connectivity index (χ1) is 10.5. The van der Waals surface area contributed by atoms with Crippen LogP contribution in [0.3, 0.4) is 0 Å². The van der Waals surface area contributed by atoms with Gasteiger partial charge in [-0.25, -0.2) is 4.79 Å². The number of hydrogen-bond donors (Lipinski definition) is 1. The lowest BCUT2D eigenvalue weighted by Gasteiger charge is -2.06. The summed E-state index contributed by atoms with van der Waals surface area (Å²) in [6, 6.07) is 14.0. The number of nitriles is 1. The van der Waals surface area contributed by atoms with E-state index in [0.717, 1.165) is 16.9 Å². The van der Waals surface area contributed by atoms with Gasteiger partial charge in [0.25, 0.3) is 0 Å². The van der Waals surface area contributed by atoms with Crippen molar-refractivity contribution in [1.82, 2.24) is 0 Å². The third-order valence-electron chi connectivity index (χ3n) is 3.29. The number of benzene rings is 2. The lowest BCUT2D eigenvalue weighted by Crippen LogP contribution is -1.95. The number of allylic oxidation sites excluding steroid dienone is 1. The van der Waals surface area contributed by atoms with Crippen LogP contribution >= 0.6 is 0 Å². The van der Waals surface area contributed by atoms with Crippen molar-refractivity contribution in [3.63, 3.8) is 0 Å². The summed E-state index contributed by atoms with van der Waals surface area (Å²) in [7, 11) is 1.61. The SMILES string of the molecule is COc1ccc(/C=C(/C#N)c2ccc(C(=O)O)cc2)cc1C. The molecule has 2 aromatic carbocycles. The molecule has 0 heterocycles. The van der Waals surface area contributed by atoms with Crippen LogP contribution in [0.25, 0.3) is 11.6 Å². The number of hydrogen-bond acceptors (Lipinski definition) is 3. The van der Waals surface area contributed by atoms with Gasteiger partial charge in [0.1, 0.15) is 5.75 Å². The number of methoxy groups -OCH3 is 1. The number of carboxylic acid groups (broad SMARTS) is 1. The smallest absolute Gasteiger partial charge is 0.335 e. The molecule has 0 aliphatic rings. The summed E-state index contributed by atoms with van der Waals surface area (Å²) in [6.45, 7) is 1.93. The van der Waals surface area contributed by atoms with Crippen LogP contribution in [0.2, 0.25) is 0 Å². The fraction of sp³-hybridized carbons (Fsp3) is 0.111. The van der Waals surface area contributed by atoms with Crippen molar-refractivity contribution < 1.29 is 14.6 Å². The molecule has 2 aromatic rings. The van der Waals surface area contributed by atoms with E-state index in [1.165, 1.54) is 12.1 Å². The van der Waals surface area contributed by atoms with Crippen molar-refractivity contribution in [3.05, 3.63) is 64.7 Å². The number of aryl methyl sites for hydroxylation is 1. The molecule has 0 bridgehead atoms. The van der Waals surface area contributed by atoms with Gasteiger partial charge in [0.05, 0.1) is 24.3 Å². The summed E-state index contributed by atoms with van der Waals surface area (Å²) < 4.78 is 5.21. The summed E-state index contributed by atoms with van der Waals surface area (Å²) in [4.78, 5) is 10.8. The molecule has 0 saturated carbocycles. The second-order valence-corrected chi connectivity index (χ2v) is 4.78. The minimum Gasteiger partial charge on any atom is -0.496 e. The molecule has 4 heteroatoms. The Labute approximate surface area is 128 Å². The van der Waals surface area contributed by atoms with Crippen LogP contribution < -0.4 is 4.74 Å². The average Bonchev–Trinajstić information content (AvgIpc) is 2.53. The normalized spacial score (nSPS) is 10.9. The van der Waals surface area contributed by atoms with Gasteiger partial charge in [-0.05, 0) is 54.0 Å². The summed E-state index contributed by atoms with van der Waals surface area (Å²) in [5, 5.41) is 18.2. The molecule has 4 nitrogen and oxygen atoms in total. The maximum atomic E-state index is 10.8. The Morgan fingerprint density at radius 1 is 1.18 bits per heavy atom. The van der Waals surface area contributed by atoms with Crippen LogP contribution in [0.1, 0.15) is 27.0 Å². The highest BCUT2D eigenvalue weighted by molar-refractivity contribution is 5.92. The Hall–Kier alpha value is -3.06. The minimum absolute atomic E-state index is 0.196. The average molecular weight is 293 g/mol. The second kappa shape index (κ2) is 6.59. The number of rotatable bonds is 4. The topological polar surface area (TPSA) is 70.3 Å². The Kier molecular flexibility index (Phi) is 4.60. The maximum Gasteiger partial charge on any atom is 0.335 e. The van der Waals surface area contributed by atoms with Crippen LogP contribution in [0.15, 0.2) is 42.5 Å². The molecule has 0 aliphatic carbocycles. The zero-order valence-electron chi connectivity index (χ0n) is 12.3. The third kappa shape index (κ3) is 3.33. The van der Waals surface area contributed by atoms with Gasteiger partial charge in [-0.15, -0.1) is 0 Å². The van der Waals surface area contributed by atoms with Gasteiger partial charge in [-0.3, -0.25) is 0 Å². The standard InChI is InChI=1S/C18H15NO3/c1-12-9-13(3-8-17(12)22-2)10-16(11-19)14-4-6-15(7-5-14)18(20)21/h3-10H,1-2H3,(H,20,21)/b16-10-. The van der Waals surface area contributed by atoms with E-state index in [1.54, 1.807) is 25.3 Å². The minimum atomic E-state index is -0.986. The zero-order chi connectivity index (χ0) is 16.1. The van der Waals surface area contributed by atoms with E-state index >= 15 is 0 Å². The second-order valence-electron chi connectivity index (χ2n) is 4.78. The lowest BCUT2D eigenvalue weighted by atomic mass is 10.0. The molecule has 0 amide bonds. The van der Waals surface area contributed by atoms with E-state index < -0.39 is 5.97 Å². The maximum absolute atomic E-state index is 10.8. The molecule has 0 atom stereocenters. The molecular formula is C18H15NO3. The van der Waals surface area contributed by atoms with E-state index in [0.29, 0.717) is 11.1 Å². The molecule has 0 unspecified atom stereocenters. The van der Waals surface area contributed by atoms with Crippen LogP contribution in [-0.2, 0) is 0 Å². The van der Waals surface area contributed by atoms with E-state index in [9.17, 15) is 10.1 Å². The lowest BCUT2D eigenvalue weighted by molar-refractivity contribution is 0.0697. The molecule has 0 aliphatic heterocycles. The van der Waals surface area contributed by atoms with Crippen molar-refractivity contribution >= 4 is 17.6 Å². The number of carboxylic acids is 1. The molecule has 2 rings (SSSR count). The molecule has 0 spiro atoms. The van der Waals surface area contributed by atoms with Crippen LogP contribution in [-0.4, -0.2) is 18.2 Å². The predicted octanol–water partition coefficient (Wildman–Crippen LogP) is 3.77. The van der Waals surface area contributed by atoms with Crippen molar-refractivity contribution in [3.8, 4) is 11.8 Å². The van der Waals surface area contributed by atoms with Gasteiger partial charge in [0, 0.05) is 0 Å². The number of aromatic carboxylic acids is 1. The molecule has 0 aromatic heterocycles. The fourth-order valence-corrected chi connectivity index (χ4v) is 2.13. The first-order valence-corrected chi connectivity index (χ1v) is 6.65. The van der Waals surface area contributed by atoms with Gasteiger partial charge in [0.2, 0.25) is 0 Å². The highest BCUT2D eigenvalue weighted by atomic mass is 16.5. The largest absolute Gasteiger partial charge is 0.496 e. The van der Waals surface area contributed by atoms with Gasteiger partial charge in [-0.1, -0.05) is 18.2 Å². The highest BCUT2D eigenvalue weighted by Crippen LogP contribution is 2.23. The van der Waals surface area contributed by atoms with Crippen LogP contribution in [0, 0.1) is 18.3 Å². The Morgan fingerprint density at radius 3 is 2.32 bits per heavy atom. The van der Waals surface area contributed by atoms with Crippen LogP contribution in [0.5, 0.6) is 5.75 Å². The molecule has 0 saturated heterocycles. The molecule has 110 valence electrons. The molecular weight excluding hydrogens is 278 g/mol. The van der Waals surface area contributed by atoms with Crippen molar-refractivity contribution in [2.24, 2.45) is 0 Å². The van der Waals surface area contributed by atoms with Gasteiger partial charge < -0.3 is 9.84 Å². The molecule has 1 N–H and O–H groups in total. The van der Waals surface area contributed by atoms with Gasteiger partial charge >= 0.3 is 5.97 Å². The first kappa shape index (κ1) is 15.3. The number of carbonyl (C=O) groups is 1. The van der Waals surface area contributed by atoms with Gasteiger partial charge in [0.15, 0.2) is 0 Å². The van der Waals surface area contributed by atoms with Crippen molar-refractivity contribution in [2.45, 2.75) is 6.92 Å². The molecule has 22 heavy (non-hydrogen) atoms. The van der Waals surface area contributed by atoms with E-state index in [-0.39, 0.29) is 5.56 Å². The summed E-state index contributed by atoms with van der Waals surface area (Å²) in [6.07, 6.45) is 1.77. The van der Waals surface area contributed by atoms with Crippen molar-refractivity contribution in [2.75, 3.05) is 7.11 Å². The highest BCUT2D eigenvalue weighted by Gasteiger charge is 2.06. The number of nitrogens with zero attached hydrogens (tertiary/aromatic N) is 1. The predicted molar refractivity (Wildman–Crippen MR) is 84.6 cm³/mol. The summed E-state index contributed by atoms with van der Waals surface area (Å²) in [5.41, 5.74) is 3.22. The molecule has 0 fully saturated rings. The number of ether oxygens (including phenoxy) is 1. The Morgan fingerprint density at radius 2 is 1.82 bits per heavy atom. The fourth-order valence-electron chi connectivity index (χ4n) is 2.13. The van der Waals surface area contributed by atoms with E-state index in [1.807, 2.05) is 25.1 Å².